The second-order valence-corrected chi connectivity index (χ2v) is 15.2. The van der Waals surface area contributed by atoms with Gasteiger partial charge >= 0.3 is 5.97 Å². The number of carbonyl (C=O) groups is 1. The maximum Gasteiger partial charge on any atom is 0.306 e. The van der Waals surface area contributed by atoms with Gasteiger partial charge in [-0.05, 0) is 97.2 Å². The number of β-amino-alcohol motifs (C(OH)–C–C–N with tert-alkyl or cyclic N) is 1. The fourth-order valence-electron chi connectivity index (χ4n) is 8.47. The van der Waals surface area contributed by atoms with Crippen LogP contribution in [0.4, 0.5) is 5.82 Å². The van der Waals surface area contributed by atoms with E-state index in [1.165, 1.54) is 0 Å². The molecule has 0 bridgehead atoms. The van der Waals surface area contributed by atoms with Gasteiger partial charge < -0.3 is 25.3 Å². The van der Waals surface area contributed by atoms with E-state index >= 15 is 0 Å². The Hall–Kier alpha value is -5.41. The number of aliphatic carboxylic acids is 1. The van der Waals surface area contributed by atoms with E-state index in [9.17, 15) is 20.3 Å². The van der Waals surface area contributed by atoms with Crippen molar-refractivity contribution in [1.82, 2.24) is 25.2 Å². The zero-order valence-corrected chi connectivity index (χ0v) is 30.6. The number of carboxylic acids is 1. The van der Waals surface area contributed by atoms with Gasteiger partial charge in [0.25, 0.3) is 0 Å². The molecule has 3 atom stereocenters. The number of aromatic nitrogens is 3. The molecule has 0 radical (unpaired) electrons. The molecule has 0 amide bonds. The number of fused-ring (bicyclic) bond motifs is 2. The van der Waals surface area contributed by atoms with Crippen LogP contribution in [0, 0.1) is 30.1 Å². The van der Waals surface area contributed by atoms with E-state index in [4.69, 9.17) is 19.4 Å². The van der Waals surface area contributed by atoms with Crippen LogP contribution >= 0.6 is 0 Å². The third kappa shape index (κ3) is 6.89. The normalized spacial score (nSPS) is 24.4. The Morgan fingerprint density at radius 2 is 1.93 bits per heavy atom. The second-order valence-electron chi connectivity index (χ2n) is 15.2. The van der Waals surface area contributed by atoms with Crippen molar-refractivity contribution in [3.05, 3.63) is 113 Å². The fraction of sp³-hybridized carbons (Fsp3) is 0.372. The summed E-state index contributed by atoms with van der Waals surface area (Å²) in [5.74, 6) is -0.181. The predicted molar refractivity (Wildman–Crippen MR) is 207 cm³/mol. The van der Waals surface area contributed by atoms with E-state index < -0.39 is 11.5 Å². The maximum atomic E-state index is 11.4. The summed E-state index contributed by atoms with van der Waals surface area (Å²) in [4.78, 5) is 28.5. The molecule has 1 saturated carbocycles. The number of aliphatic hydroxyl groups is 1. The Bertz CT molecular complexity index is 2320. The van der Waals surface area contributed by atoms with E-state index in [2.05, 4.69) is 65.8 Å². The number of oxazole rings is 1. The van der Waals surface area contributed by atoms with Crippen LogP contribution < -0.4 is 10.6 Å². The van der Waals surface area contributed by atoms with E-state index in [0.717, 1.165) is 59.0 Å². The van der Waals surface area contributed by atoms with Gasteiger partial charge in [-0.2, -0.15) is 5.26 Å². The summed E-state index contributed by atoms with van der Waals surface area (Å²) in [5, 5.41) is 38.1. The smallest absolute Gasteiger partial charge is 0.306 e. The van der Waals surface area contributed by atoms with Crippen molar-refractivity contribution >= 4 is 39.4 Å². The molecule has 0 spiro atoms. The summed E-state index contributed by atoms with van der Waals surface area (Å²) in [7, 11) is 0. The minimum Gasteiger partial charge on any atom is -0.481 e. The Morgan fingerprint density at radius 1 is 1.09 bits per heavy atom. The summed E-state index contributed by atoms with van der Waals surface area (Å²) in [6.07, 6.45) is 13.3. The summed E-state index contributed by atoms with van der Waals surface area (Å²) < 4.78 is 6.66. The van der Waals surface area contributed by atoms with Crippen LogP contribution in [0.3, 0.4) is 0 Å². The minimum atomic E-state index is -1.01. The van der Waals surface area contributed by atoms with E-state index in [0.29, 0.717) is 66.4 Å². The van der Waals surface area contributed by atoms with Crippen molar-refractivity contribution in [2.45, 2.75) is 76.7 Å². The summed E-state index contributed by atoms with van der Waals surface area (Å²) in [6, 6.07) is 18.8. The quantitative estimate of drug-likeness (QED) is 0.119. The van der Waals surface area contributed by atoms with Gasteiger partial charge in [0.2, 0.25) is 5.89 Å². The fourth-order valence-corrected chi connectivity index (χ4v) is 8.47. The number of carboxylic acid groups (broad SMARTS) is 1. The summed E-state index contributed by atoms with van der Waals surface area (Å²) in [5.41, 5.74) is 6.49. The Labute approximate surface area is 314 Å². The molecule has 11 nitrogen and oxygen atoms in total. The van der Waals surface area contributed by atoms with Gasteiger partial charge in [-0.25, -0.2) is 9.97 Å². The molecule has 1 aliphatic heterocycles. The molecule has 3 aliphatic rings. The molecule has 4 heterocycles. The van der Waals surface area contributed by atoms with E-state index in [1.807, 2.05) is 42.6 Å². The van der Waals surface area contributed by atoms with Gasteiger partial charge in [-0.3, -0.25) is 14.7 Å². The van der Waals surface area contributed by atoms with Crippen LogP contribution in [-0.2, 0) is 23.4 Å². The lowest BCUT2D eigenvalue weighted by atomic mass is 9.73. The largest absolute Gasteiger partial charge is 0.481 e. The first-order valence-electron chi connectivity index (χ1n) is 18.9. The highest BCUT2D eigenvalue weighted by molar-refractivity contribution is 5.89. The number of hydrogen-bond acceptors (Lipinski definition) is 10. The van der Waals surface area contributed by atoms with Crippen LogP contribution in [0.15, 0.2) is 83.6 Å². The molecule has 276 valence electrons. The standard InChI is InChI=1S/C43H45N7O4/c1-26-6-3-4-7-35(26)36-8-5-15-43(27(36)2,49-40-38-31(13-16-45-40)19-29(23-47-38)24-50-17-14-34(51)25-50)42-48-37-20-28(18-32(21-44)39(37)54-42)22-46-33-11-9-30(10-12-33)41(52)53/h3-8,13,15-16,18-20,23,27,30,33-34,46,51H,9-12,14,17,22,24-25H2,1-2H3,(H,45,49)(H,52,53)/t27?,30?,33?,34-,43?/m1/s1. The number of hydrogen-bond donors (Lipinski definition) is 4. The number of allylic oxidation sites excluding steroid dienone is 2. The Kier molecular flexibility index (Phi) is 9.75. The highest BCUT2D eigenvalue weighted by Gasteiger charge is 2.45. The third-order valence-electron chi connectivity index (χ3n) is 11.6. The lowest BCUT2D eigenvalue weighted by molar-refractivity contribution is -0.142. The molecular weight excluding hydrogens is 679 g/mol. The maximum absolute atomic E-state index is 11.4. The Balaban J connectivity index is 1.16. The average molecular weight is 724 g/mol. The number of benzene rings is 2. The number of aryl methyl sites for hydroxylation is 1. The Morgan fingerprint density at radius 3 is 2.69 bits per heavy atom. The van der Waals surface area contributed by atoms with Crippen molar-refractivity contribution < 1.29 is 19.4 Å². The van der Waals surface area contributed by atoms with Crippen LogP contribution in [0.2, 0.25) is 0 Å². The SMILES string of the molecule is Cc1ccccc1C1=CC=CC(Nc2nccc3cc(CN4CC[C@@H](O)C4)cnc23)(c2nc3cc(CNC4CCC(C(=O)O)CC4)cc(C#N)c3o2)C1C. The van der Waals surface area contributed by atoms with Gasteiger partial charge in [0, 0.05) is 55.9 Å². The first-order valence-corrected chi connectivity index (χ1v) is 18.9. The summed E-state index contributed by atoms with van der Waals surface area (Å²) in [6.45, 7) is 7.03. The lowest BCUT2D eigenvalue weighted by Gasteiger charge is -2.39. The van der Waals surface area contributed by atoms with Crippen molar-refractivity contribution in [1.29, 1.82) is 5.26 Å². The molecule has 2 fully saturated rings. The van der Waals surface area contributed by atoms with Crippen molar-refractivity contribution in [3.63, 3.8) is 0 Å². The number of nitriles is 1. The van der Waals surface area contributed by atoms with Crippen LogP contribution in [-0.4, -0.2) is 61.3 Å². The highest BCUT2D eigenvalue weighted by atomic mass is 16.4. The predicted octanol–water partition coefficient (Wildman–Crippen LogP) is 6.85. The average Bonchev–Trinajstić information content (AvgIpc) is 3.81. The number of aliphatic hydroxyl groups excluding tert-OH is 1. The van der Waals surface area contributed by atoms with Gasteiger partial charge in [0.15, 0.2) is 11.4 Å². The molecule has 54 heavy (non-hydrogen) atoms. The van der Waals surface area contributed by atoms with Gasteiger partial charge in [0.1, 0.15) is 22.6 Å². The number of anilines is 1. The molecule has 11 heteroatoms. The molecule has 2 unspecified atom stereocenters. The minimum absolute atomic E-state index is 0.192. The lowest BCUT2D eigenvalue weighted by Crippen LogP contribution is -2.42. The molecule has 2 aliphatic carbocycles. The number of rotatable bonds is 10. The number of nitrogens with one attached hydrogen (secondary N) is 2. The summed E-state index contributed by atoms with van der Waals surface area (Å²) >= 11 is 0. The number of nitrogens with zero attached hydrogens (tertiary/aromatic N) is 5. The number of pyridine rings is 2. The molecule has 2 aromatic carbocycles. The van der Waals surface area contributed by atoms with Crippen LogP contribution in [0.1, 0.15) is 72.7 Å². The van der Waals surface area contributed by atoms with Gasteiger partial charge in [0.05, 0.1) is 17.6 Å². The molecule has 3 aromatic heterocycles. The first kappa shape index (κ1) is 35.6. The molecule has 8 rings (SSSR count). The monoisotopic (exact) mass is 723 g/mol. The zero-order valence-electron chi connectivity index (χ0n) is 30.6. The third-order valence-corrected chi connectivity index (χ3v) is 11.6. The molecule has 5 aromatic rings. The van der Waals surface area contributed by atoms with Crippen LogP contribution in [0.5, 0.6) is 0 Å². The van der Waals surface area contributed by atoms with Crippen molar-refractivity contribution in [2.24, 2.45) is 11.8 Å². The van der Waals surface area contributed by atoms with Crippen molar-refractivity contribution in [3.8, 4) is 6.07 Å². The van der Waals surface area contributed by atoms with E-state index in [-0.39, 0.29) is 24.0 Å². The first-order chi connectivity index (χ1) is 26.2. The number of likely N-dealkylation sites (tertiary alicyclic amines) is 1. The molecule has 4 N–H and O–H groups in total. The van der Waals surface area contributed by atoms with Gasteiger partial charge in [-0.1, -0.05) is 43.3 Å². The van der Waals surface area contributed by atoms with Crippen LogP contribution in [0.25, 0.3) is 27.6 Å². The highest BCUT2D eigenvalue weighted by Crippen LogP contribution is 2.46. The topological polar surface area (TPSA) is 160 Å². The van der Waals surface area contributed by atoms with Gasteiger partial charge in [-0.15, -0.1) is 0 Å². The zero-order chi connectivity index (χ0) is 37.4. The molecule has 1 saturated heterocycles. The second kappa shape index (κ2) is 14.8. The van der Waals surface area contributed by atoms with E-state index in [1.54, 1.807) is 6.20 Å². The van der Waals surface area contributed by atoms with Crippen molar-refractivity contribution in [2.75, 3.05) is 18.4 Å². The molecular formula is C43H45N7O4.